The Morgan fingerprint density at radius 1 is 1.24 bits per heavy atom. The number of nitrogens with zero attached hydrogens (tertiary/aromatic N) is 2. The van der Waals surface area contributed by atoms with Crippen molar-refractivity contribution in [2.45, 2.75) is 6.92 Å². The lowest BCUT2D eigenvalue weighted by Crippen LogP contribution is -2.41. The molecule has 6 nitrogen and oxygen atoms in total. The van der Waals surface area contributed by atoms with Gasteiger partial charge in [0.1, 0.15) is 12.4 Å². The topological polar surface area (TPSA) is 61.9 Å². The molecule has 1 aromatic rings. The van der Waals surface area contributed by atoms with E-state index in [0.717, 1.165) is 24.4 Å². The van der Waals surface area contributed by atoms with Crippen LogP contribution in [-0.4, -0.2) is 68.0 Å². The maximum atomic E-state index is 12.2. The first-order chi connectivity index (χ1) is 12.1. The van der Waals surface area contributed by atoms with Crippen molar-refractivity contribution in [2.75, 3.05) is 46.4 Å². The second-order valence-electron chi connectivity index (χ2n) is 6.64. The van der Waals surface area contributed by atoms with Gasteiger partial charge in [-0.15, -0.1) is 0 Å². The van der Waals surface area contributed by atoms with Crippen molar-refractivity contribution in [3.8, 4) is 5.75 Å². The number of rotatable bonds is 3. The number of amides is 2. The molecule has 0 bridgehead atoms. The molecule has 1 saturated heterocycles. The molecule has 0 radical (unpaired) electrons. The minimum absolute atomic E-state index is 0.0163. The number of ether oxygens (including phenoxy) is 1. The van der Waals surface area contributed by atoms with E-state index in [0.29, 0.717) is 26.2 Å². The first-order valence-corrected chi connectivity index (χ1v) is 8.67. The second-order valence-corrected chi connectivity index (χ2v) is 6.64. The van der Waals surface area contributed by atoms with Crippen LogP contribution >= 0.6 is 0 Å². The summed E-state index contributed by atoms with van der Waals surface area (Å²) in [4.78, 5) is 28.0. The molecule has 134 valence electrons. The molecular weight excluding hydrogens is 318 g/mol. The number of hydrogen-bond acceptors (Lipinski definition) is 4. The Kier molecular flexibility index (Phi) is 5.38. The van der Waals surface area contributed by atoms with Gasteiger partial charge in [0.25, 0.3) is 0 Å². The Bertz CT molecular complexity index is 686. The van der Waals surface area contributed by atoms with Gasteiger partial charge in [-0.2, -0.15) is 0 Å². The number of benzene rings is 1. The zero-order chi connectivity index (χ0) is 17.8. The summed E-state index contributed by atoms with van der Waals surface area (Å²) in [7, 11) is 1.64. The Labute approximate surface area is 148 Å². The van der Waals surface area contributed by atoms with E-state index >= 15 is 0 Å². The van der Waals surface area contributed by atoms with Gasteiger partial charge in [-0.3, -0.25) is 14.5 Å². The van der Waals surface area contributed by atoms with Gasteiger partial charge in [0.05, 0.1) is 5.92 Å². The molecule has 2 aliphatic rings. The van der Waals surface area contributed by atoms with E-state index in [4.69, 9.17) is 4.74 Å². The molecule has 1 unspecified atom stereocenters. The van der Waals surface area contributed by atoms with Crippen LogP contribution in [-0.2, 0) is 9.59 Å². The van der Waals surface area contributed by atoms with Crippen LogP contribution in [0, 0.1) is 5.92 Å². The van der Waals surface area contributed by atoms with E-state index in [1.54, 1.807) is 18.9 Å². The number of fused-ring (bicyclic) bond motifs is 1. The van der Waals surface area contributed by atoms with Gasteiger partial charge in [0.15, 0.2) is 0 Å². The van der Waals surface area contributed by atoms with Crippen molar-refractivity contribution in [1.82, 2.24) is 15.1 Å². The molecule has 1 fully saturated rings. The number of para-hydroxylation sites is 1. The summed E-state index contributed by atoms with van der Waals surface area (Å²) in [5, 5.41) is 2.72. The monoisotopic (exact) mass is 343 g/mol. The van der Waals surface area contributed by atoms with Crippen molar-refractivity contribution in [2.24, 2.45) is 5.92 Å². The molecule has 3 rings (SSSR count). The van der Waals surface area contributed by atoms with Crippen LogP contribution in [0.3, 0.4) is 0 Å². The molecule has 1 N–H and O–H groups in total. The molecule has 6 heteroatoms. The summed E-state index contributed by atoms with van der Waals surface area (Å²) in [6.07, 6.45) is 2.17. The van der Waals surface area contributed by atoms with Gasteiger partial charge in [0.2, 0.25) is 11.8 Å². The largest absolute Gasteiger partial charge is 0.489 e. The molecule has 0 aliphatic carbocycles. The summed E-state index contributed by atoms with van der Waals surface area (Å²) in [5.41, 5.74) is 2.28. The van der Waals surface area contributed by atoms with Gasteiger partial charge in [-0.05, 0) is 17.7 Å². The van der Waals surface area contributed by atoms with Crippen molar-refractivity contribution in [1.29, 1.82) is 0 Å². The van der Waals surface area contributed by atoms with Crippen molar-refractivity contribution < 1.29 is 14.3 Å². The molecule has 0 aromatic heterocycles. The SMILES string of the molecule is CNC(=O)C1CN(CC2=Cc3ccccc3OC2)CCN(C(C)=O)C1. The zero-order valence-electron chi connectivity index (χ0n) is 14.8. The van der Waals surface area contributed by atoms with E-state index in [9.17, 15) is 9.59 Å². The Balaban J connectivity index is 1.72. The minimum atomic E-state index is -0.214. The highest BCUT2D eigenvalue weighted by molar-refractivity contribution is 5.80. The molecule has 0 saturated carbocycles. The standard InChI is InChI=1S/C19H25N3O3/c1-14(23)22-8-7-21(11-17(12-22)19(24)20-2)10-15-9-16-5-3-4-6-18(16)25-13-15/h3-6,9,17H,7-8,10-13H2,1-2H3,(H,20,24). The van der Waals surface area contributed by atoms with Crippen LogP contribution in [0.1, 0.15) is 12.5 Å². The van der Waals surface area contributed by atoms with Crippen LogP contribution in [0.4, 0.5) is 0 Å². The fraction of sp³-hybridized carbons (Fsp3) is 0.474. The van der Waals surface area contributed by atoms with Crippen LogP contribution in [0.2, 0.25) is 0 Å². The molecule has 0 spiro atoms. The highest BCUT2D eigenvalue weighted by Crippen LogP contribution is 2.26. The van der Waals surface area contributed by atoms with E-state index in [-0.39, 0.29) is 17.7 Å². The summed E-state index contributed by atoms with van der Waals surface area (Å²) >= 11 is 0. The maximum Gasteiger partial charge on any atom is 0.225 e. The third kappa shape index (κ3) is 4.20. The Morgan fingerprint density at radius 3 is 2.80 bits per heavy atom. The van der Waals surface area contributed by atoms with Crippen LogP contribution in [0.15, 0.2) is 29.8 Å². The zero-order valence-corrected chi connectivity index (χ0v) is 14.8. The molecule has 2 heterocycles. The first-order valence-electron chi connectivity index (χ1n) is 8.67. The van der Waals surface area contributed by atoms with Gasteiger partial charge in [-0.1, -0.05) is 18.2 Å². The summed E-state index contributed by atoms with van der Waals surface area (Å²) in [5.74, 6) is 0.698. The fourth-order valence-corrected chi connectivity index (χ4v) is 3.42. The lowest BCUT2D eigenvalue weighted by Gasteiger charge is -2.26. The lowest BCUT2D eigenvalue weighted by atomic mass is 10.1. The normalized spacial score (nSPS) is 20.8. The van der Waals surface area contributed by atoms with E-state index in [1.165, 1.54) is 5.57 Å². The number of hydrogen-bond donors (Lipinski definition) is 1. The van der Waals surface area contributed by atoms with E-state index in [2.05, 4.69) is 16.3 Å². The van der Waals surface area contributed by atoms with Crippen molar-refractivity contribution >= 4 is 17.9 Å². The van der Waals surface area contributed by atoms with Crippen LogP contribution in [0.25, 0.3) is 6.08 Å². The second kappa shape index (κ2) is 7.70. The lowest BCUT2D eigenvalue weighted by molar-refractivity contribution is -0.130. The Hall–Kier alpha value is -2.34. The predicted octanol–water partition coefficient (Wildman–Crippen LogP) is 0.989. The fourth-order valence-electron chi connectivity index (χ4n) is 3.42. The Morgan fingerprint density at radius 2 is 2.04 bits per heavy atom. The summed E-state index contributed by atoms with van der Waals surface area (Å²) in [6, 6.07) is 7.99. The summed E-state index contributed by atoms with van der Waals surface area (Å²) in [6.45, 7) is 5.39. The highest BCUT2D eigenvalue weighted by atomic mass is 16.5. The maximum absolute atomic E-state index is 12.2. The molecule has 25 heavy (non-hydrogen) atoms. The van der Waals surface area contributed by atoms with E-state index in [1.807, 2.05) is 24.3 Å². The van der Waals surface area contributed by atoms with Crippen LogP contribution in [0.5, 0.6) is 5.75 Å². The minimum Gasteiger partial charge on any atom is -0.489 e. The highest BCUT2D eigenvalue weighted by Gasteiger charge is 2.29. The molecule has 1 atom stereocenters. The number of nitrogens with one attached hydrogen (secondary N) is 1. The van der Waals surface area contributed by atoms with Gasteiger partial charge in [-0.25, -0.2) is 0 Å². The number of carbonyl (C=O) groups excluding carboxylic acids is 2. The third-order valence-corrected chi connectivity index (χ3v) is 4.79. The molecular formula is C19H25N3O3. The third-order valence-electron chi connectivity index (χ3n) is 4.79. The molecule has 2 aliphatic heterocycles. The first kappa shape index (κ1) is 17.5. The van der Waals surface area contributed by atoms with Crippen molar-refractivity contribution in [3.63, 3.8) is 0 Å². The van der Waals surface area contributed by atoms with Gasteiger partial charge < -0.3 is 15.0 Å². The number of carbonyl (C=O) groups is 2. The van der Waals surface area contributed by atoms with Crippen LogP contribution < -0.4 is 10.1 Å². The average Bonchev–Trinajstić information content (AvgIpc) is 2.84. The molecule has 2 amide bonds. The van der Waals surface area contributed by atoms with Gasteiger partial charge in [0, 0.05) is 52.3 Å². The molecule has 1 aromatic carbocycles. The summed E-state index contributed by atoms with van der Waals surface area (Å²) < 4.78 is 5.82. The van der Waals surface area contributed by atoms with Crippen molar-refractivity contribution in [3.05, 3.63) is 35.4 Å². The smallest absolute Gasteiger partial charge is 0.225 e. The van der Waals surface area contributed by atoms with Gasteiger partial charge >= 0.3 is 0 Å². The van der Waals surface area contributed by atoms with E-state index < -0.39 is 0 Å². The average molecular weight is 343 g/mol. The quantitative estimate of drug-likeness (QED) is 0.889. The predicted molar refractivity (Wildman–Crippen MR) is 96.2 cm³/mol.